The predicted molar refractivity (Wildman–Crippen MR) is 62.9 cm³/mol. The highest BCUT2D eigenvalue weighted by molar-refractivity contribution is 4.85. The molecule has 0 bridgehead atoms. The monoisotopic (exact) mass is 214 g/mol. The van der Waals surface area contributed by atoms with Gasteiger partial charge in [-0.3, -0.25) is 0 Å². The average molecular weight is 214 g/mol. The molecule has 1 saturated carbocycles. The lowest BCUT2D eigenvalue weighted by atomic mass is 9.75. The number of aliphatic hydroxyl groups is 1. The number of hydrogen-bond acceptors (Lipinski definition) is 2. The van der Waals surface area contributed by atoms with Crippen molar-refractivity contribution in [3.05, 3.63) is 0 Å². The third kappa shape index (κ3) is 4.52. The van der Waals surface area contributed by atoms with Gasteiger partial charge in [0, 0.05) is 6.61 Å². The molecule has 1 N–H and O–H groups in total. The summed E-state index contributed by atoms with van der Waals surface area (Å²) < 4.78 is 5.78. The van der Waals surface area contributed by atoms with Gasteiger partial charge in [-0.05, 0) is 31.1 Å². The van der Waals surface area contributed by atoms with Crippen molar-refractivity contribution >= 4 is 0 Å². The maximum Gasteiger partial charge on any atom is 0.0839 e. The van der Waals surface area contributed by atoms with Crippen LogP contribution < -0.4 is 0 Å². The van der Waals surface area contributed by atoms with Crippen LogP contribution in [0.5, 0.6) is 0 Å². The zero-order valence-corrected chi connectivity index (χ0v) is 10.5. The molecule has 1 aliphatic carbocycles. The molecule has 0 saturated heterocycles. The zero-order chi connectivity index (χ0) is 11.3. The summed E-state index contributed by atoms with van der Waals surface area (Å²) in [6, 6.07) is 0. The minimum Gasteiger partial charge on any atom is -0.390 e. The van der Waals surface area contributed by atoms with Crippen LogP contribution in [-0.4, -0.2) is 23.9 Å². The molecule has 15 heavy (non-hydrogen) atoms. The maximum absolute atomic E-state index is 9.83. The SMILES string of the molecule is CCCCCOC1CC(C)(C)CCC1O. The fourth-order valence-corrected chi connectivity index (χ4v) is 2.26. The lowest BCUT2D eigenvalue weighted by molar-refractivity contribution is -0.0864. The highest BCUT2D eigenvalue weighted by Gasteiger charge is 2.34. The molecular formula is C13H26O2. The summed E-state index contributed by atoms with van der Waals surface area (Å²) in [5, 5.41) is 9.83. The van der Waals surface area contributed by atoms with Crippen LogP contribution in [0.4, 0.5) is 0 Å². The van der Waals surface area contributed by atoms with Gasteiger partial charge < -0.3 is 9.84 Å². The molecule has 0 amide bonds. The van der Waals surface area contributed by atoms with Crippen LogP contribution in [-0.2, 0) is 4.74 Å². The predicted octanol–water partition coefficient (Wildman–Crippen LogP) is 3.13. The summed E-state index contributed by atoms with van der Waals surface area (Å²) in [6.07, 6.45) is 6.42. The first-order valence-corrected chi connectivity index (χ1v) is 6.35. The number of unbranched alkanes of at least 4 members (excludes halogenated alkanes) is 2. The Morgan fingerprint density at radius 2 is 2.07 bits per heavy atom. The van der Waals surface area contributed by atoms with Crippen LogP contribution in [0.15, 0.2) is 0 Å². The molecule has 2 heteroatoms. The van der Waals surface area contributed by atoms with Crippen molar-refractivity contribution in [3.8, 4) is 0 Å². The fourth-order valence-electron chi connectivity index (χ4n) is 2.26. The smallest absolute Gasteiger partial charge is 0.0839 e. The van der Waals surface area contributed by atoms with Gasteiger partial charge in [0.15, 0.2) is 0 Å². The molecule has 90 valence electrons. The highest BCUT2D eigenvalue weighted by Crippen LogP contribution is 2.36. The Morgan fingerprint density at radius 3 is 2.73 bits per heavy atom. The van der Waals surface area contributed by atoms with E-state index in [1.807, 2.05) is 0 Å². The quantitative estimate of drug-likeness (QED) is 0.712. The molecule has 2 unspecified atom stereocenters. The van der Waals surface area contributed by atoms with E-state index in [0.29, 0.717) is 5.41 Å². The van der Waals surface area contributed by atoms with E-state index in [1.54, 1.807) is 0 Å². The van der Waals surface area contributed by atoms with Gasteiger partial charge in [-0.15, -0.1) is 0 Å². The Bertz CT molecular complexity index is 177. The van der Waals surface area contributed by atoms with Crippen molar-refractivity contribution in [2.45, 2.75) is 71.5 Å². The molecule has 0 aromatic heterocycles. The van der Waals surface area contributed by atoms with E-state index in [4.69, 9.17) is 4.74 Å². The van der Waals surface area contributed by atoms with Crippen LogP contribution in [0.3, 0.4) is 0 Å². The van der Waals surface area contributed by atoms with Crippen LogP contribution in [0, 0.1) is 5.41 Å². The molecule has 0 heterocycles. The summed E-state index contributed by atoms with van der Waals surface area (Å²) in [7, 11) is 0. The second kappa shape index (κ2) is 5.86. The third-order valence-electron chi connectivity index (χ3n) is 3.38. The Morgan fingerprint density at radius 1 is 1.33 bits per heavy atom. The van der Waals surface area contributed by atoms with Crippen molar-refractivity contribution in [1.82, 2.24) is 0 Å². The van der Waals surface area contributed by atoms with Gasteiger partial charge in [-0.25, -0.2) is 0 Å². The molecule has 1 aliphatic rings. The first-order valence-electron chi connectivity index (χ1n) is 6.35. The minimum absolute atomic E-state index is 0.0746. The van der Waals surface area contributed by atoms with Crippen LogP contribution in [0.2, 0.25) is 0 Å². The normalized spacial score (nSPS) is 30.4. The standard InChI is InChI=1S/C13H26O2/c1-4-5-6-9-15-12-10-13(2,3)8-7-11(12)14/h11-12,14H,4-10H2,1-3H3. The molecule has 1 rings (SSSR count). The van der Waals surface area contributed by atoms with Gasteiger partial charge in [0.25, 0.3) is 0 Å². The summed E-state index contributed by atoms with van der Waals surface area (Å²) in [5.41, 5.74) is 0.342. The van der Waals surface area contributed by atoms with Crippen molar-refractivity contribution in [2.75, 3.05) is 6.61 Å². The van der Waals surface area contributed by atoms with Crippen molar-refractivity contribution in [3.63, 3.8) is 0 Å². The minimum atomic E-state index is -0.236. The molecule has 0 aliphatic heterocycles. The van der Waals surface area contributed by atoms with Gasteiger partial charge in [-0.2, -0.15) is 0 Å². The average Bonchev–Trinajstić information content (AvgIpc) is 2.18. The van der Waals surface area contributed by atoms with Gasteiger partial charge >= 0.3 is 0 Å². The fraction of sp³-hybridized carbons (Fsp3) is 1.00. The molecule has 2 nitrogen and oxygen atoms in total. The van der Waals surface area contributed by atoms with E-state index in [-0.39, 0.29) is 12.2 Å². The number of aliphatic hydroxyl groups excluding tert-OH is 1. The first kappa shape index (κ1) is 13.0. The lowest BCUT2D eigenvalue weighted by Crippen LogP contribution is -2.39. The summed E-state index contributed by atoms with van der Waals surface area (Å²) in [5.74, 6) is 0. The van der Waals surface area contributed by atoms with E-state index in [2.05, 4.69) is 20.8 Å². The first-order chi connectivity index (χ1) is 7.05. The van der Waals surface area contributed by atoms with Crippen LogP contribution in [0.25, 0.3) is 0 Å². The molecule has 0 spiro atoms. The number of ether oxygens (including phenoxy) is 1. The van der Waals surface area contributed by atoms with E-state index in [0.717, 1.165) is 32.3 Å². The second-order valence-corrected chi connectivity index (χ2v) is 5.59. The van der Waals surface area contributed by atoms with Crippen LogP contribution in [0.1, 0.15) is 59.3 Å². The maximum atomic E-state index is 9.83. The number of rotatable bonds is 5. The van der Waals surface area contributed by atoms with Crippen molar-refractivity contribution < 1.29 is 9.84 Å². The Labute approximate surface area is 94.0 Å². The zero-order valence-electron chi connectivity index (χ0n) is 10.5. The Balaban J connectivity index is 2.25. The van der Waals surface area contributed by atoms with Gasteiger partial charge in [0.2, 0.25) is 0 Å². The third-order valence-corrected chi connectivity index (χ3v) is 3.38. The molecular weight excluding hydrogens is 188 g/mol. The van der Waals surface area contributed by atoms with Crippen molar-refractivity contribution in [2.24, 2.45) is 5.41 Å². The summed E-state index contributed by atoms with van der Waals surface area (Å²) >= 11 is 0. The molecule has 1 fully saturated rings. The highest BCUT2D eigenvalue weighted by atomic mass is 16.5. The lowest BCUT2D eigenvalue weighted by Gasteiger charge is -2.38. The summed E-state index contributed by atoms with van der Waals surface area (Å²) in [6.45, 7) is 7.53. The van der Waals surface area contributed by atoms with Gasteiger partial charge in [-0.1, -0.05) is 33.6 Å². The topological polar surface area (TPSA) is 29.5 Å². The Hall–Kier alpha value is -0.0800. The van der Waals surface area contributed by atoms with Crippen molar-refractivity contribution in [1.29, 1.82) is 0 Å². The molecule has 0 aromatic carbocycles. The Kier molecular flexibility index (Phi) is 5.07. The molecule has 0 aromatic rings. The second-order valence-electron chi connectivity index (χ2n) is 5.59. The molecule has 2 atom stereocenters. The number of hydrogen-bond donors (Lipinski definition) is 1. The van der Waals surface area contributed by atoms with E-state index < -0.39 is 0 Å². The van der Waals surface area contributed by atoms with E-state index in [1.165, 1.54) is 12.8 Å². The largest absolute Gasteiger partial charge is 0.390 e. The van der Waals surface area contributed by atoms with Crippen LogP contribution >= 0.6 is 0 Å². The summed E-state index contributed by atoms with van der Waals surface area (Å²) in [4.78, 5) is 0. The molecule has 0 radical (unpaired) electrons. The van der Waals surface area contributed by atoms with E-state index >= 15 is 0 Å². The van der Waals surface area contributed by atoms with E-state index in [9.17, 15) is 5.11 Å². The van der Waals surface area contributed by atoms with Gasteiger partial charge in [0.1, 0.15) is 0 Å². The van der Waals surface area contributed by atoms with Gasteiger partial charge in [0.05, 0.1) is 12.2 Å².